The third kappa shape index (κ3) is 5.08. The summed E-state index contributed by atoms with van der Waals surface area (Å²) in [6, 6.07) is 11.8. The predicted octanol–water partition coefficient (Wildman–Crippen LogP) is 2.71. The fraction of sp³-hybridized carbons (Fsp3) is 0.222. The van der Waals surface area contributed by atoms with Crippen molar-refractivity contribution in [2.24, 2.45) is 0 Å². The number of methoxy groups -OCH3 is 1. The minimum absolute atomic E-state index is 0.0918. The molecule has 0 aliphatic carbocycles. The average molecular weight is 331 g/mol. The summed E-state index contributed by atoms with van der Waals surface area (Å²) in [4.78, 5) is 23.3. The van der Waals surface area contributed by atoms with Gasteiger partial charge in [-0.15, -0.1) is 0 Å². The normalized spacial score (nSPS) is 11.6. The second-order valence-electron chi connectivity index (χ2n) is 5.30. The van der Waals surface area contributed by atoms with Crippen LogP contribution in [-0.4, -0.2) is 24.1 Å². The molecule has 0 aliphatic rings. The molecule has 0 bridgehead atoms. The Morgan fingerprint density at radius 1 is 1.21 bits per heavy atom. The topological polar surface area (TPSA) is 75.6 Å². The predicted molar refractivity (Wildman–Crippen MR) is 86.2 cm³/mol. The molecule has 0 fully saturated rings. The summed E-state index contributed by atoms with van der Waals surface area (Å²) in [5, 5.41) is 11.7. The number of nitrogens with one attached hydrogen (secondary N) is 1. The highest BCUT2D eigenvalue weighted by Crippen LogP contribution is 2.18. The van der Waals surface area contributed by atoms with Crippen LogP contribution in [0.2, 0.25) is 0 Å². The standard InChI is InChI=1S/C18H18FNO4/c1-24-15-4-2-3-12(9-15)10-17(21)20-16(11-18(22)23)13-5-7-14(19)8-6-13/h2-9,16H,10-11H2,1H3,(H,20,21)(H,22,23)/t16-/m1/s1. The quantitative estimate of drug-likeness (QED) is 0.818. The van der Waals surface area contributed by atoms with Gasteiger partial charge in [0.05, 0.1) is 26.0 Å². The van der Waals surface area contributed by atoms with Crippen molar-refractivity contribution in [1.82, 2.24) is 5.32 Å². The molecule has 6 heteroatoms. The molecule has 24 heavy (non-hydrogen) atoms. The number of hydrogen-bond acceptors (Lipinski definition) is 3. The summed E-state index contributed by atoms with van der Waals surface area (Å²) in [7, 11) is 1.54. The van der Waals surface area contributed by atoms with E-state index in [0.717, 1.165) is 5.56 Å². The summed E-state index contributed by atoms with van der Waals surface area (Å²) in [6.07, 6.45) is -0.190. The summed E-state index contributed by atoms with van der Waals surface area (Å²) in [6.45, 7) is 0. The third-order valence-electron chi connectivity index (χ3n) is 3.49. The monoisotopic (exact) mass is 331 g/mol. The van der Waals surface area contributed by atoms with Crippen LogP contribution in [0, 0.1) is 5.82 Å². The highest BCUT2D eigenvalue weighted by molar-refractivity contribution is 5.80. The van der Waals surface area contributed by atoms with E-state index in [1.165, 1.54) is 31.4 Å². The maximum atomic E-state index is 13.0. The van der Waals surface area contributed by atoms with E-state index in [-0.39, 0.29) is 18.7 Å². The van der Waals surface area contributed by atoms with Crippen LogP contribution in [-0.2, 0) is 16.0 Å². The fourth-order valence-corrected chi connectivity index (χ4v) is 2.34. The molecule has 2 aromatic carbocycles. The lowest BCUT2D eigenvalue weighted by Gasteiger charge is -2.17. The maximum absolute atomic E-state index is 13.0. The summed E-state index contributed by atoms with van der Waals surface area (Å²) in [5.41, 5.74) is 1.29. The molecule has 0 aliphatic heterocycles. The largest absolute Gasteiger partial charge is 0.497 e. The molecule has 0 radical (unpaired) electrons. The molecule has 0 unspecified atom stereocenters. The van der Waals surface area contributed by atoms with Gasteiger partial charge in [0.15, 0.2) is 0 Å². The van der Waals surface area contributed by atoms with Crippen molar-refractivity contribution in [2.45, 2.75) is 18.9 Å². The molecule has 1 atom stereocenters. The number of hydrogen-bond donors (Lipinski definition) is 2. The number of carboxylic acid groups (broad SMARTS) is 1. The van der Waals surface area contributed by atoms with Crippen molar-refractivity contribution in [3.05, 3.63) is 65.5 Å². The summed E-state index contributed by atoms with van der Waals surface area (Å²) >= 11 is 0. The summed E-state index contributed by atoms with van der Waals surface area (Å²) < 4.78 is 18.1. The molecule has 2 aromatic rings. The van der Waals surface area contributed by atoms with Crippen molar-refractivity contribution >= 4 is 11.9 Å². The van der Waals surface area contributed by atoms with Crippen LogP contribution in [0.25, 0.3) is 0 Å². The molecule has 126 valence electrons. The van der Waals surface area contributed by atoms with Crippen LogP contribution >= 0.6 is 0 Å². The van der Waals surface area contributed by atoms with E-state index in [4.69, 9.17) is 9.84 Å². The number of halogens is 1. The second-order valence-corrected chi connectivity index (χ2v) is 5.30. The Labute approximate surface area is 139 Å². The molecule has 2 N–H and O–H groups in total. The number of carbonyl (C=O) groups is 2. The Hall–Kier alpha value is -2.89. The number of ether oxygens (including phenoxy) is 1. The molecule has 2 rings (SSSR count). The van der Waals surface area contributed by atoms with Crippen LogP contribution in [0.1, 0.15) is 23.6 Å². The van der Waals surface area contributed by atoms with E-state index >= 15 is 0 Å². The number of carbonyl (C=O) groups excluding carboxylic acids is 1. The van der Waals surface area contributed by atoms with Crippen molar-refractivity contribution in [3.8, 4) is 5.75 Å². The zero-order valence-electron chi connectivity index (χ0n) is 13.2. The van der Waals surface area contributed by atoms with Gasteiger partial charge in [-0.05, 0) is 35.4 Å². The van der Waals surface area contributed by atoms with E-state index < -0.39 is 17.8 Å². The SMILES string of the molecule is COc1cccc(CC(=O)N[C@H](CC(=O)O)c2ccc(F)cc2)c1. The van der Waals surface area contributed by atoms with Gasteiger partial charge in [-0.2, -0.15) is 0 Å². The fourth-order valence-electron chi connectivity index (χ4n) is 2.34. The van der Waals surface area contributed by atoms with Crippen molar-refractivity contribution in [2.75, 3.05) is 7.11 Å². The van der Waals surface area contributed by atoms with Crippen molar-refractivity contribution in [3.63, 3.8) is 0 Å². The number of rotatable bonds is 7. The molecule has 1 amide bonds. The highest BCUT2D eigenvalue weighted by Gasteiger charge is 2.18. The highest BCUT2D eigenvalue weighted by atomic mass is 19.1. The van der Waals surface area contributed by atoms with Crippen LogP contribution in [0.4, 0.5) is 4.39 Å². The number of benzene rings is 2. The lowest BCUT2D eigenvalue weighted by atomic mass is 10.0. The average Bonchev–Trinajstić information content (AvgIpc) is 2.54. The van der Waals surface area contributed by atoms with Gasteiger partial charge < -0.3 is 15.2 Å². The van der Waals surface area contributed by atoms with Gasteiger partial charge in [-0.3, -0.25) is 9.59 Å². The first-order valence-electron chi connectivity index (χ1n) is 7.37. The van der Waals surface area contributed by atoms with E-state index in [1.54, 1.807) is 24.3 Å². The smallest absolute Gasteiger partial charge is 0.305 e. The minimum atomic E-state index is -1.05. The van der Waals surface area contributed by atoms with Crippen LogP contribution in [0.5, 0.6) is 5.75 Å². The lowest BCUT2D eigenvalue weighted by Crippen LogP contribution is -2.31. The Kier molecular flexibility index (Phi) is 5.89. The van der Waals surface area contributed by atoms with Crippen LogP contribution < -0.4 is 10.1 Å². The van der Waals surface area contributed by atoms with Gasteiger partial charge in [0.1, 0.15) is 11.6 Å². The van der Waals surface area contributed by atoms with E-state index in [2.05, 4.69) is 5.32 Å². The van der Waals surface area contributed by atoms with Gasteiger partial charge in [0.2, 0.25) is 5.91 Å². The van der Waals surface area contributed by atoms with E-state index in [1.807, 2.05) is 0 Å². The van der Waals surface area contributed by atoms with Crippen molar-refractivity contribution < 1.29 is 23.8 Å². The van der Waals surface area contributed by atoms with Gasteiger partial charge in [0.25, 0.3) is 0 Å². The molecule has 0 heterocycles. The summed E-state index contributed by atoms with van der Waals surface area (Å²) in [5.74, 6) is -1.15. The number of amides is 1. The molecular formula is C18H18FNO4. The molecule has 0 spiro atoms. The van der Waals surface area contributed by atoms with Gasteiger partial charge >= 0.3 is 5.97 Å². The molecule has 5 nitrogen and oxygen atoms in total. The zero-order chi connectivity index (χ0) is 17.5. The van der Waals surface area contributed by atoms with Crippen LogP contribution in [0.3, 0.4) is 0 Å². The molecular weight excluding hydrogens is 313 g/mol. The van der Waals surface area contributed by atoms with Gasteiger partial charge in [0, 0.05) is 0 Å². The van der Waals surface area contributed by atoms with Crippen molar-refractivity contribution in [1.29, 1.82) is 0 Å². The first kappa shape index (κ1) is 17.5. The first-order chi connectivity index (χ1) is 11.5. The minimum Gasteiger partial charge on any atom is -0.497 e. The van der Waals surface area contributed by atoms with Crippen LogP contribution in [0.15, 0.2) is 48.5 Å². The molecule has 0 saturated heterocycles. The Morgan fingerprint density at radius 2 is 1.92 bits per heavy atom. The van der Waals surface area contributed by atoms with Gasteiger partial charge in [-0.1, -0.05) is 24.3 Å². The number of carboxylic acids is 1. The Bertz CT molecular complexity index is 715. The van der Waals surface area contributed by atoms with Gasteiger partial charge in [-0.25, -0.2) is 4.39 Å². The van der Waals surface area contributed by atoms with E-state index in [0.29, 0.717) is 11.3 Å². The molecule has 0 aromatic heterocycles. The molecule has 0 saturated carbocycles. The Balaban J connectivity index is 2.08. The second kappa shape index (κ2) is 8.10. The third-order valence-corrected chi connectivity index (χ3v) is 3.49. The lowest BCUT2D eigenvalue weighted by molar-refractivity contribution is -0.137. The maximum Gasteiger partial charge on any atom is 0.305 e. The number of aliphatic carboxylic acids is 1. The zero-order valence-corrected chi connectivity index (χ0v) is 13.2. The first-order valence-corrected chi connectivity index (χ1v) is 7.37. The van der Waals surface area contributed by atoms with E-state index in [9.17, 15) is 14.0 Å². The Morgan fingerprint density at radius 3 is 2.54 bits per heavy atom.